The van der Waals surface area contributed by atoms with Gasteiger partial charge in [-0.1, -0.05) is 31.4 Å². The fourth-order valence-corrected chi connectivity index (χ4v) is 3.41. The maximum Gasteiger partial charge on any atom is 0.158 e. The number of carbonyl (C=O) groups is 1. The van der Waals surface area contributed by atoms with Crippen LogP contribution >= 0.6 is 0 Å². The second-order valence-electron chi connectivity index (χ2n) is 5.70. The molecule has 0 aromatic heterocycles. The molecule has 0 atom stereocenters. The van der Waals surface area contributed by atoms with Crippen molar-refractivity contribution in [3.8, 4) is 0 Å². The Morgan fingerprint density at radius 1 is 1.24 bits per heavy atom. The van der Waals surface area contributed by atoms with E-state index in [0.717, 1.165) is 18.4 Å². The van der Waals surface area contributed by atoms with Gasteiger partial charge in [0.1, 0.15) is 0 Å². The van der Waals surface area contributed by atoms with Gasteiger partial charge in [0, 0.05) is 6.42 Å². The van der Waals surface area contributed by atoms with Crippen LogP contribution in [-0.2, 0) is 4.79 Å². The second-order valence-corrected chi connectivity index (χ2v) is 5.70. The van der Waals surface area contributed by atoms with Crippen LogP contribution in [0.2, 0.25) is 0 Å². The quantitative estimate of drug-likeness (QED) is 0.648. The summed E-state index contributed by atoms with van der Waals surface area (Å²) in [6, 6.07) is 0. The first-order chi connectivity index (χ1) is 8.26. The minimum Gasteiger partial charge on any atom is -0.295 e. The lowest BCUT2D eigenvalue weighted by Crippen LogP contribution is -2.26. The molecule has 1 saturated carbocycles. The summed E-state index contributed by atoms with van der Waals surface area (Å²) in [5, 5.41) is 0. The van der Waals surface area contributed by atoms with Crippen LogP contribution in [0, 0.1) is 5.41 Å². The molecule has 0 N–H and O–H groups in total. The van der Waals surface area contributed by atoms with Gasteiger partial charge in [-0.2, -0.15) is 0 Å². The Labute approximate surface area is 105 Å². The molecule has 1 fully saturated rings. The molecule has 94 valence electrons. The zero-order valence-electron chi connectivity index (χ0n) is 10.8. The van der Waals surface area contributed by atoms with Crippen LogP contribution in [0.4, 0.5) is 0 Å². The largest absolute Gasteiger partial charge is 0.295 e. The van der Waals surface area contributed by atoms with Crippen molar-refractivity contribution in [3.05, 3.63) is 24.3 Å². The minimum atomic E-state index is 0.370. The van der Waals surface area contributed by atoms with E-state index in [9.17, 15) is 4.79 Å². The molecule has 0 aromatic rings. The van der Waals surface area contributed by atoms with Crippen molar-refractivity contribution in [1.29, 1.82) is 0 Å². The molecule has 0 unspecified atom stereocenters. The summed E-state index contributed by atoms with van der Waals surface area (Å²) in [6.45, 7) is 3.69. The Bertz CT molecular complexity index is 318. The molecule has 17 heavy (non-hydrogen) atoms. The van der Waals surface area contributed by atoms with E-state index in [4.69, 9.17) is 0 Å². The number of ketones is 1. The van der Waals surface area contributed by atoms with Crippen LogP contribution < -0.4 is 0 Å². The molecular formula is C16H24O. The Kier molecular flexibility index (Phi) is 4.20. The third-order valence-corrected chi connectivity index (χ3v) is 4.38. The van der Waals surface area contributed by atoms with Crippen LogP contribution in [0.1, 0.15) is 64.2 Å². The van der Waals surface area contributed by atoms with Crippen LogP contribution in [0.5, 0.6) is 0 Å². The highest BCUT2D eigenvalue weighted by Crippen LogP contribution is 2.45. The van der Waals surface area contributed by atoms with Crippen molar-refractivity contribution in [2.75, 3.05) is 0 Å². The van der Waals surface area contributed by atoms with Gasteiger partial charge in [-0.05, 0) is 49.5 Å². The molecule has 0 saturated heterocycles. The predicted molar refractivity (Wildman–Crippen MR) is 71.9 cm³/mol. The highest BCUT2D eigenvalue weighted by atomic mass is 16.1. The first-order valence-corrected chi connectivity index (χ1v) is 7.12. The third-order valence-electron chi connectivity index (χ3n) is 4.38. The number of Topliss-reactive ketones (excluding diaryl/α,β-unsaturated/α-hetero) is 1. The first kappa shape index (κ1) is 12.6. The van der Waals surface area contributed by atoms with Gasteiger partial charge < -0.3 is 0 Å². The van der Waals surface area contributed by atoms with Crippen molar-refractivity contribution < 1.29 is 4.79 Å². The van der Waals surface area contributed by atoms with Crippen molar-refractivity contribution >= 4 is 5.78 Å². The molecule has 0 bridgehead atoms. The smallest absolute Gasteiger partial charge is 0.158 e. The van der Waals surface area contributed by atoms with E-state index in [1.165, 1.54) is 44.9 Å². The standard InChI is InChI=1S/C16H24O/c1-2-3-9-15(17)14-8-7-12-16(13-14)10-5-4-6-11-16/h2,13H,1,3-12H2. The molecular weight excluding hydrogens is 208 g/mol. The highest BCUT2D eigenvalue weighted by molar-refractivity contribution is 5.95. The summed E-state index contributed by atoms with van der Waals surface area (Å²) in [5.41, 5.74) is 1.52. The lowest BCUT2D eigenvalue weighted by molar-refractivity contribution is -0.115. The van der Waals surface area contributed by atoms with Crippen LogP contribution in [0.25, 0.3) is 0 Å². The normalized spacial score (nSPS) is 23.2. The van der Waals surface area contributed by atoms with Gasteiger partial charge in [0.2, 0.25) is 0 Å². The average Bonchev–Trinajstić information content (AvgIpc) is 2.37. The highest BCUT2D eigenvalue weighted by Gasteiger charge is 2.33. The van der Waals surface area contributed by atoms with Crippen molar-refractivity contribution in [1.82, 2.24) is 0 Å². The molecule has 0 heterocycles. The van der Waals surface area contributed by atoms with E-state index in [0.29, 0.717) is 17.6 Å². The second kappa shape index (κ2) is 5.66. The maximum atomic E-state index is 12.1. The fraction of sp³-hybridized carbons (Fsp3) is 0.688. The molecule has 1 spiro atoms. The van der Waals surface area contributed by atoms with Gasteiger partial charge in [0.05, 0.1) is 0 Å². The van der Waals surface area contributed by atoms with E-state index in [-0.39, 0.29) is 0 Å². The van der Waals surface area contributed by atoms with Crippen LogP contribution in [0.15, 0.2) is 24.3 Å². The monoisotopic (exact) mass is 232 g/mol. The summed E-state index contributed by atoms with van der Waals surface area (Å²) in [7, 11) is 0. The van der Waals surface area contributed by atoms with Gasteiger partial charge >= 0.3 is 0 Å². The zero-order chi connectivity index (χ0) is 12.1. The Morgan fingerprint density at radius 3 is 2.65 bits per heavy atom. The molecule has 1 nitrogen and oxygen atoms in total. The van der Waals surface area contributed by atoms with Gasteiger partial charge in [-0.25, -0.2) is 0 Å². The molecule has 1 heteroatoms. The molecule has 0 aliphatic heterocycles. The minimum absolute atomic E-state index is 0.370. The van der Waals surface area contributed by atoms with E-state index in [1.807, 2.05) is 6.08 Å². The molecule has 0 aromatic carbocycles. The average molecular weight is 232 g/mol. The molecule has 2 rings (SSSR count). The third kappa shape index (κ3) is 3.08. The number of hydrogen-bond acceptors (Lipinski definition) is 1. The summed E-state index contributed by atoms with van der Waals surface area (Å²) >= 11 is 0. The molecule has 0 radical (unpaired) electrons. The Hall–Kier alpha value is -0.850. The van der Waals surface area contributed by atoms with E-state index in [1.54, 1.807) is 0 Å². The summed E-state index contributed by atoms with van der Waals surface area (Å²) in [5.74, 6) is 0.370. The lowest BCUT2D eigenvalue weighted by Gasteiger charge is -2.38. The number of carbonyl (C=O) groups excluding carboxylic acids is 1. The van der Waals surface area contributed by atoms with Crippen molar-refractivity contribution in [2.24, 2.45) is 5.41 Å². The van der Waals surface area contributed by atoms with Crippen molar-refractivity contribution in [2.45, 2.75) is 64.2 Å². The zero-order valence-corrected chi connectivity index (χ0v) is 10.8. The summed E-state index contributed by atoms with van der Waals surface area (Å²) in [4.78, 5) is 12.1. The van der Waals surface area contributed by atoms with E-state index < -0.39 is 0 Å². The van der Waals surface area contributed by atoms with Gasteiger partial charge in [0.25, 0.3) is 0 Å². The van der Waals surface area contributed by atoms with Crippen molar-refractivity contribution in [3.63, 3.8) is 0 Å². The first-order valence-electron chi connectivity index (χ1n) is 7.12. The summed E-state index contributed by atoms with van der Waals surface area (Å²) < 4.78 is 0. The van der Waals surface area contributed by atoms with Gasteiger partial charge in [0.15, 0.2) is 5.78 Å². The lowest BCUT2D eigenvalue weighted by atomic mass is 9.67. The molecule has 2 aliphatic carbocycles. The van der Waals surface area contributed by atoms with Gasteiger partial charge in [-0.3, -0.25) is 4.79 Å². The Morgan fingerprint density at radius 2 is 1.94 bits per heavy atom. The molecule has 2 aliphatic rings. The predicted octanol–water partition coefficient (Wildman–Crippen LogP) is 4.58. The number of allylic oxidation sites excluding steroid dienone is 3. The van der Waals surface area contributed by atoms with Crippen LogP contribution in [0.3, 0.4) is 0 Å². The van der Waals surface area contributed by atoms with E-state index >= 15 is 0 Å². The fourth-order valence-electron chi connectivity index (χ4n) is 3.41. The summed E-state index contributed by atoms with van der Waals surface area (Å²) in [6.07, 6.45) is 15.9. The molecule has 0 amide bonds. The Balaban J connectivity index is 2.05. The SMILES string of the molecule is C=CCCC(=O)C1=CC2(CCCCC2)CCC1. The number of rotatable bonds is 4. The van der Waals surface area contributed by atoms with E-state index in [2.05, 4.69) is 12.7 Å². The van der Waals surface area contributed by atoms with Gasteiger partial charge in [-0.15, -0.1) is 6.58 Å². The number of hydrogen-bond donors (Lipinski definition) is 0. The topological polar surface area (TPSA) is 17.1 Å². The maximum absolute atomic E-state index is 12.1. The van der Waals surface area contributed by atoms with Crippen LogP contribution in [-0.4, -0.2) is 5.78 Å².